The number of carboxylic acid groups (broad SMARTS) is 1. The van der Waals surface area contributed by atoms with E-state index in [4.69, 9.17) is 5.11 Å². The van der Waals surface area contributed by atoms with E-state index in [1.165, 1.54) is 5.01 Å². The molecule has 0 unspecified atom stereocenters. The first-order valence-electron chi connectivity index (χ1n) is 4.89. The Bertz CT molecular complexity index is 302. The van der Waals surface area contributed by atoms with Crippen molar-refractivity contribution in [3.05, 3.63) is 16.6 Å². The van der Waals surface area contributed by atoms with Crippen LogP contribution in [-0.2, 0) is 4.79 Å². The number of aliphatic carboxylic acids is 1. The van der Waals surface area contributed by atoms with Crippen LogP contribution >= 0.6 is 11.3 Å². The Morgan fingerprint density at radius 3 is 2.64 bits per heavy atom. The monoisotopic (exact) mass is 211 g/mol. The zero-order valence-corrected chi connectivity index (χ0v) is 8.67. The van der Waals surface area contributed by atoms with Crippen molar-refractivity contribution in [2.24, 2.45) is 5.92 Å². The molecule has 1 N–H and O–H groups in total. The Kier molecular flexibility index (Phi) is 2.82. The summed E-state index contributed by atoms with van der Waals surface area (Å²) >= 11 is 1.68. The molecule has 76 valence electrons. The van der Waals surface area contributed by atoms with Crippen LogP contribution in [0.3, 0.4) is 0 Å². The van der Waals surface area contributed by atoms with Gasteiger partial charge in [0.1, 0.15) is 0 Å². The van der Waals surface area contributed by atoms with Crippen molar-refractivity contribution in [2.45, 2.75) is 31.6 Å². The highest BCUT2D eigenvalue weighted by Crippen LogP contribution is 2.36. The third-order valence-electron chi connectivity index (χ3n) is 2.88. The maximum atomic E-state index is 10.7. The number of carbonyl (C=O) groups is 1. The predicted octanol–water partition coefficient (Wildman–Crippen LogP) is 2.50. The van der Waals surface area contributed by atoms with Crippen molar-refractivity contribution in [2.75, 3.05) is 0 Å². The molecule has 0 amide bonds. The van der Waals surface area contributed by atoms with E-state index in [2.05, 4.69) is 4.98 Å². The molecule has 1 heterocycles. The first kappa shape index (κ1) is 9.65. The third-order valence-corrected chi connectivity index (χ3v) is 3.82. The van der Waals surface area contributed by atoms with Crippen LogP contribution in [0.1, 0.15) is 36.6 Å². The maximum absolute atomic E-state index is 10.7. The second kappa shape index (κ2) is 4.09. The molecule has 0 saturated heterocycles. The molecule has 0 bridgehead atoms. The topological polar surface area (TPSA) is 50.2 Å². The van der Waals surface area contributed by atoms with Crippen LogP contribution < -0.4 is 0 Å². The Morgan fingerprint density at radius 2 is 2.14 bits per heavy atom. The Balaban J connectivity index is 1.93. The summed E-state index contributed by atoms with van der Waals surface area (Å²) in [5, 5.41) is 12.0. The average molecular weight is 211 g/mol. The average Bonchev–Trinajstić information content (AvgIpc) is 2.71. The van der Waals surface area contributed by atoms with Gasteiger partial charge < -0.3 is 5.11 Å². The fraction of sp³-hybridized carbons (Fsp3) is 0.600. The summed E-state index contributed by atoms with van der Waals surface area (Å²) in [6.07, 6.45) is 5.39. The van der Waals surface area contributed by atoms with Gasteiger partial charge in [-0.1, -0.05) is 0 Å². The minimum absolute atomic E-state index is 0.119. The minimum Gasteiger partial charge on any atom is -0.481 e. The highest BCUT2D eigenvalue weighted by atomic mass is 32.1. The normalized spacial score (nSPS) is 27.4. The largest absolute Gasteiger partial charge is 0.481 e. The van der Waals surface area contributed by atoms with E-state index < -0.39 is 5.97 Å². The molecule has 14 heavy (non-hydrogen) atoms. The highest BCUT2D eigenvalue weighted by Gasteiger charge is 2.27. The smallest absolute Gasteiger partial charge is 0.306 e. The minimum atomic E-state index is -0.636. The van der Waals surface area contributed by atoms with Gasteiger partial charge in [0.2, 0.25) is 0 Å². The summed E-state index contributed by atoms with van der Waals surface area (Å²) in [7, 11) is 0. The molecule has 1 aliphatic rings. The van der Waals surface area contributed by atoms with Crippen molar-refractivity contribution in [3.63, 3.8) is 0 Å². The van der Waals surface area contributed by atoms with Gasteiger partial charge in [-0.05, 0) is 25.7 Å². The molecule has 2 rings (SSSR count). The van der Waals surface area contributed by atoms with Crippen LogP contribution in [0.25, 0.3) is 0 Å². The van der Waals surface area contributed by atoms with E-state index in [-0.39, 0.29) is 5.92 Å². The molecule has 0 aliphatic heterocycles. The van der Waals surface area contributed by atoms with Gasteiger partial charge >= 0.3 is 5.97 Å². The van der Waals surface area contributed by atoms with E-state index in [0.717, 1.165) is 25.7 Å². The lowest BCUT2D eigenvalue weighted by molar-refractivity contribution is -0.142. The lowest BCUT2D eigenvalue weighted by Gasteiger charge is -2.24. The maximum Gasteiger partial charge on any atom is 0.306 e. The Labute approximate surface area is 86.8 Å². The van der Waals surface area contributed by atoms with E-state index in [1.54, 1.807) is 11.3 Å². The number of carboxylic acids is 1. The standard InChI is InChI=1S/C10H13NO2S/c12-10(13)8-3-1-7(2-4-8)9-11-5-6-14-9/h5-8H,1-4H2,(H,12,13)/t7-,8-. The van der Waals surface area contributed by atoms with E-state index in [0.29, 0.717) is 5.92 Å². The van der Waals surface area contributed by atoms with Gasteiger partial charge in [0.25, 0.3) is 0 Å². The molecule has 1 saturated carbocycles. The van der Waals surface area contributed by atoms with Crippen molar-refractivity contribution in [1.29, 1.82) is 0 Å². The molecule has 3 nitrogen and oxygen atoms in total. The number of thiazole rings is 1. The number of hydrogen-bond acceptors (Lipinski definition) is 3. The first-order valence-corrected chi connectivity index (χ1v) is 5.77. The number of hydrogen-bond donors (Lipinski definition) is 1. The van der Waals surface area contributed by atoms with Crippen LogP contribution in [0.2, 0.25) is 0 Å². The fourth-order valence-corrected chi connectivity index (χ4v) is 2.83. The molecular formula is C10H13NO2S. The third kappa shape index (κ3) is 1.95. The molecule has 1 fully saturated rings. The lowest BCUT2D eigenvalue weighted by Crippen LogP contribution is -2.20. The quantitative estimate of drug-likeness (QED) is 0.817. The van der Waals surface area contributed by atoms with Crippen LogP contribution in [0.15, 0.2) is 11.6 Å². The van der Waals surface area contributed by atoms with Gasteiger partial charge in [-0.25, -0.2) is 4.98 Å². The molecule has 0 radical (unpaired) electrons. The molecular weight excluding hydrogens is 198 g/mol. The van der Waals surface area contributed by atoms with E-state index in [9.17, 15) is 4.79 Å². The Hall–Kier alpha value is -0.900. The molecule has 1 aromatic heterocycles. The van der Waals surface area contributed by atoms with E-state index >= 15 is 0 Å². The van der Waals surface area contributed by atoms with Gasteiger partial charge in [0.15, 0.2) is 0 Å². The van der Waals surface area contributed by atoms with Gasteiger partial charge in [0.05, 0.1) is 10.9 Å². The number of aromatic nitrogens is 1. The first-order chi connectivity index (χ1) is 6.77. The van der Waals surface area contributed by atoms with Crippen LogP contribution in [-0.4, -0.2) is 16.1 Å². The van der Waals surface area contributed by atoms with Crippen molar-refractivity contribution in [3.8, 4) is 0 Å². The molecule has 1 aliphatic carbocycles. The van der Waals surface area contributed by atoms with Gasteiger partial charge in [0, 0.05) is 17.5 Å². The number of rotatable bonds is 2. The van der Waals surface area contributed by atoms with Crippen LogP contribution in [0, 0.1) is 5.92 Å². The van der Waals surface area contributed by atoms with Crippen LogP contribution in [0.4, 0.5) is 0 Å². The van der Waals surface area contributed by atoms with Crippen molar-refractivity contribution in [1.82, 2.24) is 4.98 Å². The van der Waals surface area contributed by atoms with Crippen molar-refractivity contribution < 1.29 is 9.90 Å². The summed E-state index contributed by atoms with van der Waals surface area (Å²) in [6, 6.07) is 0. The van der Waals surface area contributed by atoms with Crippen LogP contribution in [0.5, 0.6) is 0 Å². The second-order valence-corrected chi connectivity index (χ2v) is 4.68. The zero-order chi connectivity index (χ0) is 9.97. The SMILES string of the molecule is O=C(O)[C@H]1CC[C@H](c2nccs2)CC1. The summed E-state index contributed by atoms with van der Waals surface area (Å²) in [4.78, 5) is 15.0. The fourth-order valence-electron chi connectivity index (χ4n) is 2.02. The summed E-state index contributed by atoms with van der Waals surface area (Å²) in [5.74, 6) is -0.251. The zero-order valence-electron chi connectivity index (χ0n) is 7.85. The summed E-state index contributed by atoms with van der Waals surface area (Å²) in [5.41, 5.74) is 0. The van der Waals surface area contributed by atoms with Crippen molar-refractivity contribution >= 4 is 17.3 Å². The molecule has 0 spiro atoms. The van der Waals surface area contributed by atoms with Gasteiger partial charge in [-0.3, -0.25) is 4.79 Å². The molecule has 0 atom stereocenters. The Morgan fingerprint density at radius 1 is 1.43 bits per heavy atom. The molecule has 1 aromatic rings. The number of nitrogens with zero attached hydrogens (tertiary/aromatic N) is 1. The van der Waals surface area contributed by atoms with Gasteiger partial charge in [-0.2, -0.15) is 0 Å². The second-order valence-electron chi connectivity index (χ2n) is 3.76. The van der Waals surface area contributed by atoms with Gasteiger partial charge in [-0.15, -0.1) is 11.3 Å². The highest BCUT2D eigenvalue weighted by molar-refractivity contribution is 7.09. The van der Waals surface area contributed by atoms with E-state index in [1.807, 2.05) is 11.6 Å². The summed E-state index contributed by atoms with van der Waals surface area (Å²) in [6.45, 7) is 0. The lowest BCUT2D eigenvalue weighted by atomic mass is 9.82. The molecule has 0 aromatic carbocycles. The molecule has 4 heteroatoms. The predicted molar refractivity (Wildman–Crippen MR) is 54.4 cm³/mol. The summed E-state index contributed by atoms with van der Waals surface area (Å²) < 4.78 is 0.